The van der Waals surface area contributed by atoms with Crippen LogP contribution >= 0.6 is 0 Å². The number of anilines is 5. The summed E-state index contributed by atoms with van der Waals surface area (Å²) in [4.78, 5) is 70.1. The van der Waals surface area contributed by atoms with Gasteiger partial charge in [0.25, 0.3) is 20.2 Å². The molecule has 27 heteroatoms. The van der Waals surface area contributed by atoms with Crippen molar-refractivity contribution in [2.45, 2.75) is 12.8 Å². The number of azo groups is 2. The van der Waals surface area contributed by atoms with Crippen molar-refractivity contribution in [3.05, 3.63) is 95.1 Å². The summed E-state index contributed by atoms with van der Waals surface area (Å²) in [6.07, 6.45) is 1.34. The SMILES string of the molecule is O=CCNc1nc(Nc2ccc(N=Nc3cc(C=O)cc(C=O)c3)cc2OCCCS(=O)(=O)O)nc(Nc2ccc(N=Nc3cc(C(=O)O)cc(C(=O)O)c3)cc2OCCCS(=O)(=O)O)n1. The van der Waals surface area contributed by atoms with Crippen molar-refractivity contribution >= 4 is 103 Å². The molecule has 1 heterocycles. The highest BCUT2D eigenvalue weighted by atomic mass is 32.2. The van der Waals surface area contributed by atoms with Crippen molar-refractivity contribution in [2.24, 2.45) is 20.5 Å². The molecule has 5 aromatic rings. The Labute approximate surface area is 373 Å². The third-order valence-corrected chi connectivity index (χ3v) is 9.83. The second-order valence-corrected chi connectivity index (χ2v) is 16.5. The highest BCUT2D eigenvalue weighted by molar-refractivity contribution is 7.86. The van der Waals surface area contributed by atoms with Crippen molar-refractivity contribution in [3.63, 3.8) is 0 Å². The average molecular weight is 949 g/mol. The van der Waals surface area contributed by atoms with E-state index in [0.717, 1.165) is 18.2 Å². The molecule has 66 heavy (non-hydrogen) atoms. The number of nitrogens with zero attached hydrogens (tertiary/aromatic N) is 7. The van der Waals surface area contributed by atoms with Gasteiger partial charge in [-0.05, 0) is 73.5 Å². The molecule has 0 bridgehead atoms. The maximum Gasteiger partial charge on any atom is 0.335 e. The number of nitrogens with one attached hydrogen (secondary N) is 3. The third kappa shape index (κ3) is 15.6. The Morgan fingerprint density at radius 1 is 0.576 bits per heavy atom. The summed E-state index contributed by atoms with van der Waals surface area (Å²) in [5.41, 5.74) is 0.378. The second kappa shape index (κ2) is 22.5. The van der Waals surface area contributed by atoms with Crippen molar-refractivity contribution in [2.75, 3.05) is 47.2 Å². The fourth-order valence-corrected chi connectivity index (χ4v) is 6.34. The average Bonchev–Trinajstić information content (AvgIpc) is 3.27. The number of benzene rings is 4. The molecule has 0 unspecified atom stereocenters. The standard InChI is InChI=1S/C39H36N10O15S2/c50-8-7-40-37-43-38(41-31-5-3-27(19-33(31)63-9-1-11-65(57,58)59)46-48-29-14-23(21-51)13-24(15-29)22-52)45-39(44-37)42-32-6-4-28(20-34(32)64-10-2-12-66(60,61)62)47-49-30-17-25(35(53)54)16-26(18-30)36(55)56/h3-6,8,13-22H,1-2,7,9-12H2,(H,53,54)(H,55,56)(H,57,58,59)(H,60,61,62)(H3,40,41,42,43,44,45). The van der Waals surface area contributed by atoms with Gasteiger partial charge in [-0.1, -0.05) is 0 Å². The van der Waals surface area contributed by atoms with E-state index in [1.165, 1.54) is 54.6 Å². The van der Waals surface area contributed by atoms with E-state index in [1.54, 1.807) is 0 Å². The third-order valence-electron chi connectivity index (χ3n) is 8.22. The number of hydrogen-bond acceptors (Lipinski definition) is 21. The number of rotatable bonds is 25. The first-order valence-corrected chi connectivity index (χ1v) is 22.0. The van der Waals surface area contributed by atoms with Gasteiger partial charge >= 0.3 is 11.9 Å². The molecule has 0 atom stereocenters. The number of aromatic carboxylic acids is 2. The van der Waals surface area contributed by atoms with Gasteiger partial charge in [0.2, 0.25) is 17.8 Å². The minimum atomic E-state index is -4.34. The van der Waals surface area contributed by atoms with Gasteiger partial charge in [-0.3, -0.25) is 18.7 Å². The van der Waals surface area contributed by atoms with E-state index in [-0.39, 0.29) is 118 Å². The van der Waals surface area contributed by atoms with Crippen LogP contribution in [0.4, 0.5) is 52.0 Å². The summed E-state index contributed by atoms with van der Waals surface area (Å²) in [6.45, 7) is -0.697. The smallest absolute Gasteiger partial charge is 0.335 e. The summed E-state index contributed by atoms with van der Waals surface area (Å²) in [6, 6.07) is 15.9. The molecule has 25 nitrogen and oxygen atoms in total. The van der Waals surface area contributed by atoms with E-state index in [1.807, 2.05) is 0 Å². The van der Waals surface area contributed by atoms with Crippen LogP contribution in [-0.2, 0) is 25.0 Å². The molecule has 4 aromatic carbocycles. The maximum atomic E-state index is 11.6. The number of carbonyl (C=O) groups is 5. The zero-order chi connectivity index (χ0) is 47.9. The van der Waals surface area contributed by atoms with E-state index in [4.69, 9.17) is 9.47 Å². The molecule has 7 N–H and O–H groups in total. The van der Waals surface area contributed by atoms with Gasteiger partial charge in [0, 0.05) is 23.3 Å². The van der Waals surface area contributed by atoms with Gasteiger partial charge < -0.3 is 40.4 Å². The summed E-state index contributed by atoms with van der Waals surface area (Å²) < 4.78 is 75.5. The van der Waals surface area contributed by atoms with E-state index < -0.39 is 43.7 Å². The Morgan fingerprint density at radius 3 is 1.41 bits per heavy atom. The molecule has 1 aromatic heterocycles. The van der Waals surface area contributed by atoms with Crippen molar-refractivity contribution in [1.29, 1.82) is 0 Å². The lowest BCUT2D eigenvalue weighted by Gasteiger charge is -2.16. The molecule has 0 saturated heterocycles. The highest BCUT2D eigenvalue weighted by Crippen LogP contribution is 2.35. The highest BCUT2D eigenvalue weighted by Gasteiger charge is 2.16. The number of hydrogen-bond donors (Lipinski definition) is 7. The van der Waals surface area contributed by atoms with E-state index in [9.17, 15) is 60.1 Å². The van der Waals surface area contributed by atoms with Crippen LogP contribution in [0.1, 0.15) is 54.3 Å². The Morgan fingerprint density at radius 2 is 1.00 bits per heavy atom. The number of aromatic nitrogens is 3. The maximum absolute atomic E-state index is 11.6. The molecular formula is C39H36N10O15S2. The first kappa shape index (κ1) is 48.9. The first-order chi connectivity index (χ1) is 31.4. The minimum Gasteiger partial charge on any atom is -0.491 e. The number of ether oxygens (including phenoxy) is 2. The molecule has 0 amide bonds. The largest absolute Gasteiger partial charge is 0.491 e. The molecule has 5 rings (SSSR count). The molecule has 0 aliphatic rings. The number of carbonyl (C=O) groups excluding carboxylic acids is 3. The van der Waals surface area contributed by atoms with Gasteiger partial charge in [-0.2, -0.15) is 52.2 Å². The van der Waals surface area contributed by atoms with Crippen molar-refractivity contribution in [1.82, 2.24) is 15.0 Å². The van der Waals surface area contributed by atoms with Crippen LogP contribution in [-0.4, -0.2) is 113 Å². The first-order valence-electron chi connectivity index (χ1n) is 18.8. The van der Waals surface area contributed by atoms with Crippen LogP contribution in [0, 0.1) is 0 Å². The summed E-state index contributed by atoms with van der Waals surface area (Å²) in [5, 5.41) is 43.7. The molecule has 0 spiro atoms. The normalized spacial score (nSPS) is 11.5. The molecule has 0 fully saturated rings. The van der Waals surface area contributed by atoms with E-state index in [0.29, 0.717) is 18.9 Å². The van der Waals surface area contributed by atoms with Crippen molar-refractivity contribution in [3.8, 4) is 11.5 Å². The topological polar surface area (TPSA) is 377 Å². The fraction of sp³-hybridized carbons (Fsp3) is 0.179. The van der Waals surface area contributed by atoms with Crippen molar-refractivity contribution < 1.29 is 69.6 Å². The Bertz CT molecular complexity index is 2880. The Kier molecular flexibility index (Phi) is 16.6. The molecule has 0 aliphatic heterocycles. The zero-order valence-electron chi connectivity index (χ0n) is 33.8. The number of carboxylic acids is 2. The van der Waals surface area contributed by atoms with Gasteiger partial charge in [-0.15, -0.1) is 0 Å². The number of aldehydes is 3. The molecule has 0 saturated carbocycles. The Hall–Kier alpha value is -8.14. The van der Waals surface area contributed by atoms with Gasteiger partial charge in [0.15, 0.2) is 0 Å². The molecule has 344 valence electrons. The van der Waals surface area contributed by atoms with Crippen LogP contribution in [0.15, 0.2) is 93.3 Å². The molecule has 0 aliphatic carbocycles. The second-order valence-electron chi connectivity index (χ2n) is 13.3. The quantitative estimate of drug-likeness (QED) is 0.0149. The lowest BCUT2D eigenvalue weighted by molar-refractivity contribution is -0.106. The van der Waals surface area contributed by atoms with Gasteiger partial charge in [0.1, 0.15) is 30.4 Å². The van der Waals surface area contributed by atoms with Crippen LogP contribution in [0.5, 0.6) is 11.5 Å². The summed E-state index contributed by atoms with van der Waals surface area (Å²) in [7, 11) is -8.65. The monoisotopic (exact) mass is 948 g/mol. The fourth-order valence-electron chi connectivity index (χ4n) is 5.38. The van der Waals surface area contributed by atoms with Crippen LogP contribution in [0.25, 0.3) is 0 Å². The lowest BCUT2D eigenvalue weighted by atomic mass is 10.1. The van der Waals surface area contributed by atoms with Gasteiger partial charge in [0.05, 0.1) is 76.5 Å². The van der Waals surface area contributed by atoms with Crippen LogP contribution < -0.4 is 25.4 Å². The predicted octanol–water partition coefficient (Wildman–Crippen LogP) is 6.14. The summed E-state index contributed by atoms with van der Waals surface area (Å²) in [5.74, 6) is -4.43. The number of carboxylic acid groups (broad SMARTS) is 2. The summed E-state index contributed by atoms with van der Waals surface area (Å²) >= 11 is 0. The van der Waals surface area contributed by atoms with Crippen LogP contribution in [0.3, 0.4) is 0 Å². The zero-order valence-corrected chi connectivity index (χ0v) is 35.5. The predicted molar refractivity (Wildman–Crippen MR) is 233 cm³/mol. The van der Waals surface area contributed by atoms with Crippen LogP contribution in [0.2, 0.25) is 0 Å². The Balaban J connectivity index is 1.49. The molecule has 0 radical (unpaired) electrons. The van der Waals surface area contributed by atoms with Gasteiger partial charge in [-0.25, -0.2) is 9.59 Å². The van der Waals surface area contributed by atoms with E-state index >= 15 is 0 Å². The lowest BCUT2D eigenvalue weighted by Crippen LogP contribution is -2.12. The van der Waals surface area contributed by atoms with E-state index in [2.05, 4.69) is 51.4 Å². The minimum absolute atomic E-state index is 0.00947. The molecular weight excluding hydrogens is 913 g/mol.